The van der Waals surface area contributed by atoms with Crippen LogP contribution in [0.4, 0.5) is 5.69 Å². The van der Waals surface area contributed by atoms with Crippen LogP contribution >= 0.6 is 0 Å². The second-order valence-electron chi connectivity index (χ2n) is 7.67. The van der Waals surface area contributed by atoms with E-state index in [1.807, 2.05) is 4.90 Å². The number of aryl methyl sites for hydroxylation is 1. The second-order valence-corrected chi connectivity index (χ2v) is 7.67. The van der Waals surface area contributed by atoms with E-state index >= 15 is 0 Å². The lowest BCUT2D eigenvalue weighted by Crippen LogP contribution is -2.53. The van der Waals surface area contributed by atoms with E-state index in [1.54, 1.807) is 11.8 Å². The minimum Gasteiger partial charge on any atom is -0.368 e. The van der Waals surface area contributed by atoms with Gasteiger partial charge in [-0.3, -0.25) is 9.59 Å². The van der Waals surface area contributed by atoms with Gasteiger partial charge >= 0.3 is 0 Å². The van der Waals surface area contributed by atoms with E-state index in [1.165, 1.54) is 16.8 Å². The van der Waals surface area contributed by atoms with E-state index in [0.717, 1.165) is 51.9 Å². The summed E-state index contributed by atoms with van der Waals surface area (Å²) in [5, 5.41) is 0. The summed E-state index contributed by atoms with van der Waals surface area (Å²) in [5.41, 5.74) is 3.89. The molecule has 0 N–H and O–H groups in total. The van der Waals surface area contributed by atoms with E-state index in [2.05, 4.69) is 36.9 Å². The van der Waals surface area contributed by atoms with Crippen LogP contribution in [0.15, 0.2) is 18.2 Å². The highest BCUT2D eigenvalue weighted by Crippen LogP contribution is 2.25. The maximum atomic E-state index is 12.7. The lowest BCUT2D eigenvalue weighted by molar-refractivity contribution is -0.141. The lowest BCUT2D eigenvalue weighted by atomic mass is 10.1. The molecule has 2 amide bonds. The van der Waals surface area contributed by atoms with Crippen LogP contribution in [0.1, 0.15) is 43.7 Å². The Labute approximate surface area is 156 Å². The van der Waals surface area contributed by atoms with E-state index in [0.29, 0.717) is 0 Å². The van der Waals surface area contributed by atoms with Gasteiger partial charge in [0, 0.05) is 44.8 Å². The van der Waals surface area contributed by atoms with Crippen LogP contribution in [-0.4, -0.2) is 60.4 Å². The average Bonchev–Trinajstić information content (AvgIpc) is 3.16. The monoisotopic (exact) mass is 357 g/mol. The van der Waals surface area contributed by atoms with Crippen molar-refractivity contribution in [3.63, 3.8) is 0 Å². The van der Waals surface area contributed by atoms with Crippen LogP contribution in [0.3, 0.4) is 0 Å². The highest BCUT2D eigenvalue weighted by Gasteiger charge is 2.29. The highest BCUT2D eigenvalue weighted by atomic mass is 16.2. The summed E-state index contributed by atoms with van der Waals surface area (Å²) in [6.07, 6.45) is 4.40. The smallest absolute Gasteiger partial charge is 0.242 e. The topological polar surface area (TPSA) is 43.9 Å². The molecular weight excluding hydrogens is 326 g/mol. The van der Waals surface area contributed by atoms with E-state index < -0.39 is 0 Å². The number of anilines is 1. The molecule has 142 valence electrons. The summed E-state index contributed by atoms with van der Waals surface area (Å²) < 4.78 is 0. The number of hydrogen-bond acceptors (Lipinski definition) is 3. The van der Waals surface area contributed by atoms with Crippen molar-refractivity contribution >= 4 is 17.5 Å². The first kappa shape index (κ1) is 18.7. The molecule has 2 fully saturated rings. The largest absolute Gasteiger partial charge is 0.368 e. The molecule has 0 radical (unpaired) electrons. The first-order chi connectivity index (χ1) is 12.5. The molecule has 5 nitrogen and oxygen atoms in total. The van der Waals surface area contributed by atoms with Gasteiger partial charge in [-0.1, -0.05) is 25.0 Å². The summed E-state index contributed by atoms with van der Waals surface area (Å²) in [7, 11) is 0. The Morgan fingerprint density at radius 1 is 1.08 bits per heavy atom. The third-order valence-corrected chi connectivity index (χ3v) is 6.02. The van der Waals surface area contributed by atoms with Crippen LogP contribution in [-0.2, 0) is 9.59 Å². The molecule has 1 aliphatic carbocycles. The predicted molar refractivity (Wildman–Crippen MR) is 104 cm³/mol. The van der Waals surface area contributed by atoms with Gasteiger partial charge in [0.05, 0.1) is 6.54 Å². The normalized spacial score (nSPS) is 18.3. The van der Waals surface area contributed by atoms with Gasteiger partial charge in [0.2, 0.25) is 11.8 Å². The number of rotatable bonds is 4. The summed E-state index contributed by atoms with van der Waals surface area (Å²) in [4.78, 5) is 30.8. The molecule has 1 saturated carbocycles. The number of hydrogen-bond donors (Lipinski definition) is 0. The van der Waals surface area contributed by atoms with Gasteiger partial charge in [-0.05, 0) is 43.9 Å². The van der Waals surface area contributed by atoms with Crippen molar-refractivity contribution in [1.82, 2.24) is 9.80 Å². The molecule has 1 aromatic carbocycles. The zero-order valence-corrected chi connectivity index (χ0v) is 16.3. The van der Waals surface area contributed by atoms with Gasteiger partial charge in [-0.2, -0.15) is 0 Å². The standard InChI is InChI=1S/C21H31N3O2/c1-16-7-6-10-20(17(16)2)22-11-13-23(14-12-22)21(26)15-24(18(3)25)19-8-4-5-9-19/h6-7,10,19H,4-5,8-9,11-15H2,1-3H3. The Kier molecular flexibility index (Phi) is 5.84. The van der Waals surface area contributed by atoms with Gasteiger partial charge in [0.25, 0.3) is 0 Å². The van der Waals surface area contributed by atoms with Crippen molar-refractivity contribution in [1.29, 1.82) is 0 Å². The molecule has 3 rings (SSSR count). The molecule has 0 unspecified atom stereocenters. The zero-order chi connectivity index (χ0) is 18.7. The van der Waals surface area contributed by atoms with Crippen molar-refractivity contribution in [3.05, 3.63) is 29.3 Å². The van der Waals surface area contributed by atoms with E-state index in [-0.39, 0.29) is 24.4 Å². The minimum absolute atomic E-state index is 0.0271. The molecule has 26 heavy (non-hydrogen) atoms. The molecule has 0 aromatic heterocycles. The van der Waals surface area contributed by atoms with Crippen LogP contribution in [0.25, 0.3) is 0 Å². The molecule has 0 atom stereocenters. The third kappa shape index (κ3) is 4.02. The Hall–Kier alpha value is -2.04. The quantitative estimate of drug-likeness (QED) is 0.832. The molecule has 0 spiro atoms. The van der Waals surface area contributed by atoms with E-state index in [9.17, 15) is 9.59 Å². The third-order valence-electron chi connectivity index (χ3n) is 6.02. The molecule has 2 aliphatic rings. The number of benzene rings is 1. The Morgan fingerprint density at radius 3 is 2.35 bits per heavy atom. The molecular formula is C21H31N3O2. The van der Waals surface area contributed by atoms with Crippen molar-refractivity contribution in [2.24, 2.45) is 0 Å². The van der Waals surface area contributed by atoms with Gasteiger partial charge in [-0.15, -0.1) is 0 Å². The minimum atomic E-state index is 0.0271. The van der Waals surface area contributed by atoms with Crippen LogP contribution in [0.5, 0.6) is 0 Å². The summed E-state index contributed by atoms with van der Waals surface area (Å²) in [6.45, 7) is 9.27. The maximum absolute atomic E-state index is 12.7. The summed E-state index contributed by atoms with van der Waals surface area (Å²) in [5.74, 6) is 0.118. The van der Waals surface area contributed by atoms with Gasteiger partial charge in [0.15, 0.2) is 0 Å². The Morgan fingerprint density at radius 2 is 1.73 bits per heavy atom. The fourth-order valence-corrected chi connectivity index (χ4v) is 4.23. The van der Waals surface area contributed by atoms with Gasteiger partial charge in [0.1, 0.15) is 0 Å². The van der Waals surface area contributed by atoms with E-state index in [4.69, 9.17) is 0 Å². The fraction of sp³-hybridized carbons (Fsp3) is 0.619. The molecule has 1 heterocycles. The second kappa shape index (κ2) is 8.11. The molecule has 0 bridgehead atoms. The van der Waals surface area contributed by atoms with Crippen molar-refractivity contribution in [2.45, 2.75) is 52.5 Å². The number of carbonyl (C=O) groups is 2. The Balaban J connectivity index is 1.57. The van der Waals surface area contributed by atoms with Crippen molar-refractivity contribution in [2.75, 3.05) is 37.6 Å². The highest BCUT2D eigenvalue weighted by molar-refractivity contribution is 5.84. The lowest BCUT2D eigenvalue weighted by Gasteiger charge is -2.38. The van der Waals surface area contributed by atoms with Crippen LogP contribution < -0.4 is 4.90 Å². The summed E-state index contributed by atoms with van der Waals surface area (Å²) in [6, 6.07) is 6.66. The summed E-state index contributed by atoms with van der Waals surface area (Å²) >= 11 is 0. The number of nitrogens with zero attached hydrogens (tertiary/aromatic N) is 3. The zero-order valence-electron chi connectivity index (χ0n) is 16.3. The number of carbonyl (C=O) groups excluding carboxylic acids is 2. The first-order valence-electron chi connectivity index (χ1n) is 9.83. The predicted octanol–water partition coefficient (Wildman–Crippen LogP) is 2.74. The van der Waals surface area contributed by atoms with Crippen molar-refractivity contribution in [3.8, 4) is 0 Å². The Bertz CT molecular complexity index is 659. The molecule has 1 saturated heterocycles. The van der Waals surface area contributed by atoms with Crippen LogP contribution in [0.2, 0.25) is 0 Å². The van der Waals surface area contributed by atoms with Crippen LogP contribution in [0, 0.1) is 13.8 Å². The van der Waals surface area contributed by atoms with Gasteiger partial charge < -0.3 is 14.7 Å². The molecule has 1 aliphatic heterocycles. The SMILES string of the molecule is CC(=O)N(CC(=O)N1CCN(c2cccc(C)c2C)CC1)C1CCCC1. The first-order valence-corrected chi connectivity index (χ1v) is 9.83. The maximum Gasteiger partial charge on any atom is 0.242 e. The number of piperazine rings is 1. The van der Waals surface area contributed by atoms with Gasteiger partial charge in [-0.25, -0.2) is 0 Å². The number of amides is 2. The molecule has 5 heteroatoms. The average molecular weight is 357 g/mol. The molecule has 1 aromatic rings. The van der Waals surface area contributed by atoms with Crippen molar-refractivity contribution < 1.29 is 9.59 Å². The fourth-order valence-electron chi connectivity index (χ4n) is 4.23.